The first-order valence-corrected chi connectivity index (χ1v) is 7.10. The van der Waals surface area contributed by atoms with Crippen molar-refractivity contribution < 1.29 is 13.6 Å². The molecule has 4 nitrogen and oxygen atoms in total. The second kappa shape index (κ2) is 6.68. The van der Waals surface area contributed by atoms with Gasteiger partial charge in [-0.15, -0.1) is 0 Å². The van der Waals surface area contributed by atoms with Gasteiger partial charge in [-0.05, 0) is 38.0 Å². The van der Waals surface area contributed by atoms with Gasteiger partial charge in [0.15, 0.2) is 0 Å². The van der Waals surface area contributed by atoms with Crippen LogP contribution in [0.15, 0.2) is 24.3 Å². The standard InChI is InChI=1S/C16H19F2N3O/c1-10(9-21-12(3)4-11(2)20-21)8-19-16(22)13-5-14(17)7-15(18)6-13/h4-7,10H,8-9H2,1-3H3,(H,19,22). The van der Waals surface area contributed by atoms with Gasteiger partial charge in [-0.25, -0.2) is 8.78 Å². The minimum atomic E-state index is -0.763. The maximum absolute atomic E-state index is 13.1. The molecule has 1 aromatic heterocycles. The SMILES string of the molecule is Cc1cc(C)n(CC(C)CNC(=O)c2cc(F)cc(F)c2)n1. The average Bonchev–Trinajstić information content (AvgIpc) is 2.73. The van der Waals surface area contributed by atoms with Crippen LogP contribution >= 0.6 is 0 Å². The summed E-state index contributed by atoms with van der Waals surface area (Å²) < 4.78 is 28.1. The summed E-state index contributed by atoms with van der Waals surface area (Å²) in [6, 6.07) is 4.76. The van der Waals surface area contributed by atoms with Crippen LogP contribution in [0.5, 0.6) is 0 Å². The fourth-order valence-electron chi connectivity index (χ4n) is 2.27. The van der Waals surface area contributed by atoms with E-state index in [1.54, 1.807) is 0 Å². The molecule has 0 saturated carbocycles. The van der Waals surface area contributed by atoms with Gasteiger partial charge in [0.05, 0.1) is 5.69 Å². The molecule has 1 atom stereocenters. The quantitative estimate of drug-likeness (QED) is 0.923. The summed E-state index contributed by atoms with van der Waals surface area (Å²) in [4.78, 5) is 11.9. The Hall–Kier alpha value is -2.24. The van der Waals surface area contributed by atoms with Gasteiger partial charge in [-0.3, -0.25) is 9.48 Å². The lowest BCUT2D eigenvalue weighted by molar-refractivity contribution is 0.0945. The maximum Gasteiger partial charge on any atom is 0.251 e. The number of nitrogens with zero attached hydrogens (tertiary/aromatic N) is 2. The Kier molecular flexibility index (Phi) is 4.90. The molecule has 0 spiro atoms. The highest BCUT2D eigenvalue weighted by molar-refractivity contribution is 5.94. The molecule has 0 bridgehead atoms. The molecule has 2 rings (SSSR count). The van der Waals surface area contributed by atoms with E-state index >= 15 is 0 Å². The highest BCUT2D eigenvalue weighted by Gasteiger charge is 2.12. The molecule has 6 heteroatoms. The zero-order valence-corrected chi connectivity index (χ0v) is 12.9. The van der Waals surface area contributed by atoms with E-state index in [4.69, 9.17) is 0 Å². The first kappa shape index (κ1) is 16.1. The number of aryl methyl sites for hydroxylation is 2. The average molecular weight is 307 g/mol. The second-order valence-electron chi connectivity index (χ2n) is 5.58. The molecule has 2 aromatic rings. The second-order valence-corrected chi connectivity index (χ2v) is 5.58. The number of carbonyl (C=O) groups is 1. The molecule has 0 aliphatic carbocycles. The molecule has 1 aromatic carbocycles. The molecule has 0 aliphatic heterocycles. The summed E-state index contributed by atoms with van der Waals surface area (Å²) >= 11 is 0. The molecule has 0 aliphatic rings. The van der Waals surface area contributed by atoms with Crippen LogP contribution in [0.2, 0.25) is 0 Å². The van der Waals surface area contributed by atoms with E-state index in [-0.39, 0.29) is 11.5 Å². The van der Waals surface area contributed by atoms with Gasteiger partial charge >= 0.3 is 0 Å². The van der Waals surface area contributed by atoms with Crippen molar-refractivity contribution in [3.63, 3.8) is 0 Å². The van der Waals surface area contributed by atoms with E-state index in [1.165, 1.54) is 0 Å². The minimum absolute atomic E-state index is 0.0178. The molecule has 0 saturated heterocycles. The Balaban J connectivity index is 1.91. The molecular formula is C16H19F2N3O. The molecule has 1 amide bonds. The largest absolute Gasteiger partial charge is 0.352 e. The number of hydrogen-bond donors (Lipinski definition) is 1. The van der Waals surface area contributed by atoms with Crippen LogP contribution in [-0.4, -0.2) is 22.2 Å². The summed E-state index contributed by atoms with van der Waals surface area (Å²) in [7, 11) is 0. The van der Waals surface area contributed by atoms with Crippen LogP contribution in [-0.2, 0) is 6.54 Å². The molecule has 1 unspecified atom stereocenters. The highest BCUT2D eigenvalue weighted by atomic mass is 19.1. The Morgan fingerprint density at radius 1 is 1.23 bits per heavy atom. The van der Waals surface area contributed by atoms with Gasteiger partial charge in [0.25, 0.3) is 5.91 Å². The summed E-state index contributed by atoms with van der Waals surface area (Å²) in [6.07, 6.45) is 0. The zero-order valence-electron chi connectivity index (χ0n) is 12.9. The van der Waals surface area contributed by atoms with Gasteiger partial charge < -0.3 is 5.32 Å². The number of rotatable bonds is 5. The van der Waals surface area contributed by atoms with Crippen molar-refractivity contribution in [2.75, 3.05) is 6.54 Å². The van der Waals surface area contributed by atoms with E-state index in [0.29, 0.717) is 13.1 Å². The van der Waals surface area contributed by atoms with Crippen molar-refractivity contribution in [3.05, 3.63) is 52.9 Å². The van der Waals surface area contributed by atoms with Crippen LogP contribution in [0.25, 0.3) is 0 Å². The number of benzene rings is 1. The summed E-state index contributed by atoms with van der Waals surface area (Å²) in [5.41, 5.74) is 1.99. The number of amides is 1. The van der Waals surface area contributed by atoms with Crippen molar-refractivity contribution in [2.24, 2.45) is 5.92 Å². The van der Waals surface area contributed by atoms with E-state index in [2.05, 4.69) is 10.4 Å². The fourth-order valence-corrected chi connectivity index (χ4v) is 2.27. The minimum Gasteiger partial charge on any atom is -0.352 e. The first-order valence-electron chi connectivity index (χ1n) is 7.10. The zero-order chi connectivity index (χ0) is 16.3. The van der Waals surface area contributed by atoms with Crippen LogP contribution in [0.3, 0.4) is 0 Å². The molecular weight excluding hydrogens is 288 g/mol. The van der Waals surface area contributed by atoms with Crippen LogP contribution in [0.1, 0.15) is 28.7 Å². The summed E-state index contributed by atoms with van der Waals surface area (Å²) in [5, 5.41) is 7.05. The van der Waals surface area contributed by atoms with Crippen LogP contribution < -0.4 is 5.32 Å². The molecule has 1 N–H and O–H groups in total. The molecule has 118 valence electrons. The van der Waals surface area contributed by atoms with Gasteiger partial charge in [0.1, 0.15) is 11.6 Å². The number of nitrogens with one attached hydrogen (secondary N) is 1. The van der Waals surface area contributed by atoms with Crippen molar-refractivity contribution in [1.29, 1.82) is 0 Å². The number of halogens is 2. The van der Waals surface area contributed by atoms with Crippen molar-refractivity contribution >= 4 is 5.91 Å². The lowest BCUT2D eigenvalue weighted by Crippen LogP contribution is -2.30. The highest BCUT2D eigenvalue weighted by Crippen LogP contribution is 2.09. The Morgan fingerprint density at radius 2 is 1.86 bits per heavy atom. The van der Waals surface area contributed by atoms with Crippen molar-refractivity contribution in [2.45, 2.75) is 27.3 Å². The smallest absolute Gasteiger partial charge is 0.251 e. The Morgan fingerprint density at radius 3 is 2.41 bits per heavy atom. The third-order valence-corrected chi connectivity index (χ3v) is 3.32. The van der Waals surface area contributed by atoms with Crippen LogP contribution in [0, 0.1) is 31.4 Å². The number of aromatic nitrogens is 2. The van der Waals surface area contributed by atoms with Crippen molar-refractivity contribution in [3.8, 4) is 0 Å². The lowest BCUT2D eigenvalue weighted by Gasteiger charge is -2.14. The van der Waals surface area contributed by atoms with Gasteiger partial charge in [-0.2, -0.15) is 5.10 Å². The number of carbonyl (C=O) groups excluding carboxylic acids is 1. The predicted molar refractivity (Wildman–Crippen MR) is 79.6 cm³/mol. The summed E-state index contributed by atoms with van der Waals surface area (Å²) in [6.45, 7) is 6.94. The molecule has 22 heavy (non-hydrogen) atoms. The lowest BCUT2D eigenvalue weighted by atomic mass is 10.1. The first-order chi connectivity index (χ1) is 10.3. The fraction of sp³-hybridized carbons (Fsp3) is 0.375. The van der Waals surface area contributed by atoms with Crippen LogP contribution in [0.4, 0.5) is 8.78 Å². The van der Waals surface area contributed by atoms with E-state index in [9.17, 15) is 13.6 Å². The third kappa shape index (κ3) is 4.13. The van der Waals surface area contributed by atoms with Gasteiger partial charge in [-0.1, -0.05) is 6.92 Å². The predicted octanol–water partition coefficient (Wildman–Crippen LogP) is 2.84. The van der Waals surface area contributed by atoms with Gasteiger partial charge in [0.2, 0.25) is 0 Å². The topological polar surface area (TPSA) is 46.9 Å². The third-order valence-electron chi connectivity index (χ3n) is 3.32. The van der Waals surface area contributed by atoms with E-state index in [0.717, 1.165) is 29.6 Å². The monoisotopic (exact) mass is 307 g/mol. The normalized spacial score (nSPS) is 12.2. The van der Waals surface area contributed by atoms with E-state index < -0.39 is 17.5 Å². The maximum atomic E-state index is 13.1. The van der Waals surface area contributed by atoms with E-state index in [1.807, 2.05) is 31.5 Å². The summed E-state index contributed by atoms with van der Waals surface area (Å²) in [5.74, 6) is -1.87. The molecule has 0 radical (unpaired) electrons. The number of hydrogen-bond acceptors (Lipinski definition) is 2. The molecule has 1 heterocycles. The van der Waals surface area contributed by atoms with Crippen molar-refractivity contribution in [1.82, 2.24) is 15.1 Å². The Bertz CT molecular complexity index is 662. The molecule has 0 fully saturated rings. The van der Waals surface area contributed by atoms with Gasteiger partial charge in [0, 0.05) is 30.4 Å². The Labute approximate surface area is 128 Å².